The predicted octanol–water partition coefficient (Wildman–Crippen LogP) is 1.83. The Balaban J connectivity index is 2.31. The monoisotopic (exact) mass is 212 g/mol. The number of rotatable bonds is 7. The molecule has 0 aliphatic heterocycles. The number of oxazole rings is 1. The molecule has 1 heterocycles. The summed E-state index contributed by atoms with van der Waals surface area (Å²) >= 11 is 0. The maximum Gasteiger partial charge on any atom is 0.180 e. The van der Waals surface area contributed by atoms with Crippen molar-refractivity contribution in [2.75, 3.05) is 13.2 Å². The molecule has 4 heteroatoms. The average Bonchev–Trinajstić information content (AvgIpc) is 2.70. The van der Waals surface area contributed by atoms with E-state index in [4.69, 9.17) is 9.15 Å². The number of nitrogens with zero attached hydrogens (tertiary/aromatic N) is 1. The normalized spacial score (nSPS) is 13.3. The second kappa shape index (κ2) is 6.58. The molecule has 0 radical (unpaired) electrons. The summed E-state index contributed by atoms with van der Waals surface area (Å²) in [5.74, 6) is 1.40. The molecule has 15 heavy (non-hydrogen) atoms. The van der Waals surface area contributed by atoms with Crippen molar-refractivity contribution >= 4 is 0 Å². The van der Waals surface area contributed by atoms with Crippen molar-refractivity contribution in [3.05, 3.63) is 18.4 Å². The molecule has 4 nitrogen and oxygen atoms in total. The van der Waals surface area contributed by atoms with Crippen LogP contribution in [0.3, 0.4) is 0 Å². The lowest BCUT2D eigenvalue weighted by molar-refractivity contribution is 0.107. The highest BCUT2D eigenvalue weighted by atomic mass is 16.5. The van der Waals surface area contributed by atoms with Crippen LogP contribution in [0.25, 0.3) is 0 Å². The van der Waals surface area contributed by atoms with Gasteiger partial charge in [0.15, 0.2) is 6.39 Å². The van der Waals surface area contributed by atoms with Crippen LogP contribution in [0.2, 0.25) is 0 Å². The SMILES string of the molecule is CCOCC(NCc1cnco1)C(C)C. The summed E-state index contributed by atoms with van der Waals surface area (Å²) in [5.41, 5.74) is 0. The van der Waals surface area contributed by atoms with Gasteiger partial charge in [0.1, 0.15) is 5.76 Å². The van der Waals surface area contributed by atoms with Gasteiger partial charge in [-0.25, -0.2) is 4.98 Å². The number of hydrogen-bond donors (Lipinski definition) is 1. The molecule has 86 valence electrons. The molecule has 1 aromatic rings. The molecule has 0 aliphatic carbocycles. The Morgan fingerprint density at radius 3 is 2.87 bits per heavy atom. The van der Waals surface area contributed by atoms with E-state index in [1.54, 1.807) is 6.20 Å². The first-order chi connectivity index (χ1) is 7.24. The van der Waals surface area contributed by atoms with Gasteiger partial charge in [-0.3, -0.25) is 0 Å². The number of ether oxygens (including phenoxy) is 1. The van der Waals surface area contributed by atoms with Crippen molar-refractivity contribution in [3.8, 4) is 0 Å². The van der Waals surface area contributed by atoms with Crippen molar-refractivity contribution in [2.45, 2.75) is 33.4 Å². The standard InChI is InChI=1S/C11H20N2O2/c1-4-14-7-11(9(2)3)13-6-10-5-12-8-15-10/h5,8-9,11,13H,4,6-7H2,1-3H3. The molecule has 0 spiro atoms. The molecule has 0 saturated carbocycles. The molecule has 1 atom stereocenters. The minimum Gasteiger partial charge on any atom is -0.447 e. The fourth-order valence-electron chi connectivity index (χ4n) is 1.29. The molecule has 1 unspecified atom stereocenters. The Morgan fingerprint density at radius 2 is 2.33 bits per heavy atom. The van der Waals surface area contributed by atoms with Gasteiger partial charge in [0.2, 0.25) is 0 Å². The van der Waals surface area contributed by atoms with Crippen molar-refractivity contribution < 1.29 is 9.15 Å². The minimum absolute atomic E-state index is 0.357. The predicted molar refractivity (Wildman–Crippen MR) is 58.5 cm³/mol. The van der Waals surface area contributed by atoms with Gasteiger partial charge in [-0.2, -0.15) is 0 Å². The van der Waals surface area contributed by atoms with Crippen molar-refractivity contribution in [1.29, 1.82) is 0 Å². The van der Waals surface area contributed by atoms with Crippen LogP contribution in [-0.2, 0) is 11.3 Å². The molecular formula is C11H20N2O2. The molecule has 0 aromatic carbocycles. The van der Waals surface area contributed by atoms with Gasteiger partial charge < -0.3 is 14.5 Å². The molecule has 1 rings (SSSR count). The van der Waals surface area contributed by atoms with Crippen LogP contribution >= 0.6 is 0 Å². The lowest BCUT2D eigenvalue weighted by atomic mass is 10.1. The topological polar surface area (TPSA) is 47.3 Å². The Bertz CT molecular complexity index is 247. The minimum atomic E-state index is 0.357. The number of aromatic nitrogens is 1. The third kappa shape index (κ3) is 4.44. The highest BCUT2D eigenvalue weighted by Crippen LogP contribution is 2.04. The van der Waals surface area contributed by atoms with Crippen LogP contribution in [0.1, 0.15) is 26.5 Å². The quantitative estimate of drug-likeness (QED) is 0.749. The largest absolute Gasteiger partial charge is 0.447 e. The molecule has 0 fully saturated rings. The molecule has 1 N–H and O–H groups in total. The van der Waals surface area contributed by atoms with E-state index in [-0.39, 0.29) is 0 Å². The maximum atomic E-state index is 5.42. The van der Waals surface area contributed by atoms with Gasteiger partial charge in [0, 0.05) is 12.6 Å². The van der Waals surface area contributed by atoms with E-state index in [1.165, 1.54) is 6.39 Å². The molecule has 0 aliphatic rings. The second-order valence-electron chi connectivity index (χ2n) is 3.86. The Hall–Kier alpha value is -0.870. The summed E-state index contributed by atoms with van der Waals surface area (Å²) < 4.78 is 10.6. The summed E-state index contributed by atoms with van der Waals surface area (Å²) in [6.45, 7) is 8.56. The molecule has 0 saturated heterocycles. The molecular weight excluding hydrogens is 192 g/mol. The van der Waals surface area contributed by atoms with Gasteiger partial charge in [0.25, 0.3) is 0 Å². The fraction of sp³-hybridized carbons (Fsp3) is 0.727. The van der Waals surface area contributed by atoms with Crippen LogP contribution < -0.4 is 5.32 Å². The van der Waals surface area contributed by atoms with Crippen LogP contribution in [0.5, 0.6) is 0 Å². The Morgan fingerprint density at radius 1 is 1.53 bits per heavy atom. The van der Waals surface area contributed by atoms with E-state index in [0.717, 1.165) is 19.0 Å². The number of nitrogens with one attached hydrogen (secondary N) is 1. The second-order valence-corrected chi connectivity index (χ2v) is 3.86. The van der Waals surface area contributed by atoms with Gasteiger partial charge >= 0.3 is 0 Å². The third-order valence-electron chi connectivity index (χ3n) is 2.33. The van der Waals surface area contributed by atoms with E-state index >= 15 is 0 Å². The summed E-state index contributed by atoms with van der Waals surface area (Å²) in [4.78, 5) is 3.87. The lowest BCUT2D eigenvalue weighted by Gasteiger charge is -2.21. The van der Waals surface area contributed by atoms with Crippen LogP contribution in [0, 0.1) is 5.92 Å². The van der Waals surface area contributed by atoms with Crippen LogP contribution in [0.4, 0.5) is 0 Å². The summed E-state index contributed by atoms with van der Waals surface area (Å²) in [5, 5.41) is 3.40. The van der Waals surface area contributed by atoms with E-state index in [2.05, 4.69) is 24.1 Å². The molecule has 1 aromatic heterocycles. The van der Waals surface area contributed by atoms with E-state index < -0.39 is 0 Å². The highest BCUT2D eigenvalue weighted by Gasteiger charge is 2.13. The van der Waals surface area contributed by atoms with E-state index in [1.807, 2.05) is 6.92 Å². The van der Waals surface area contributed by atoms with Gasteiger partial charge in [-0.15, -0.1) is 0 Å². The summed E-state index contributed by atoms with van der Waals surface area (Å²) in [7, 11) is 0. The third-order valence-corrected chi connectivity index (χ3v) is 2.33. The molecule has 0 bridgehead atoms. The zero-order valence-electron chi connectivity index (χ0n) is 9.69. The van der Waals surface area contributed by atoms with Crippen LogP contribution in [-0.4, -0.2) is 24.2 Å². The fourth-order valence-corrected chi connectivity index (χ4v) is 1.29. The van der Waals surface area contributed by atoms with Crippen LogP contribution in [0.15, 0.2) is 17.0 Å². The summed E-state index contributed by atoms with van der Waals surface area (Å²) in [6, 6.07) is 0.357. The lowest BCUT2D eigenvalue weighted by Crippen LogP contribution is -2.37. The van der Waals surface area contributed by atoms with Gasteiger partial charge in [-0.1, -0.05) is 13.8 Å². The zero-order valence-corrected chi connectivity index (χ0v) is 9.69. The molecule has 0 amide bonds. The van der Waals surface area contributed by atoms with Crippen molar-refractivity contribution in [2.24, 2.45) is 5.92 Å². The summed E-state index contributed by atoms with van der Waals surface area (Å²) in [6.07, 6.45) is 3.18. The van der Waals surface area contributed by atoms with Crippen molar-refractivity contribution in [3.63, 3.8) is 0 Å². The first kappa shape index (κ1) is 12.2. The van der Waals surface area contributed by atoms with E-state index in [0.29, 0.717) is 18.5 Å². The number of hydrogen-bond acceptors (Lipinski definition) is 4. The smallest absolute Gasteiger partial charge is 0.180 e. The Labute approximate surface area is 91.0 Å². The Kier molecular flexibility index (Phi) is 5.36. The first-order valence-corrected chi connectivity index (χ1v) is 5.42. The van der Waals surface area contributed by atoms with Gasteiger partial charge in [-0.05, 0) is 12.8 Å². The van der Waals surface area contributed by atoms with E-state index in [9.17, 15) is 0 Å². The maximum absolute atomic E-state index is 5.42. The first-order valence-electron chi connectivity index (χ1n) is 5.42. The average molecular weight is 212 g/mol. The van der Waals surface area contributed by atoms with Crippen molar-refractivity contribution in [1.82, 2.24) is 10.3 Å². The highest BCUT2D eigenvalue weighted by molar-refractivity contribution is 4.88. The van der Waals surface area contributed by atoms with Gasteiger partial charge in [0.05, 0.1) is 19.3 Å². The zero-order chi connectivity index (χ0) is 11.1.